The first-order valence-corrected chi connectivity index (χ1v) is 11.7. The van der Waals surface area contributed by atoms with E-state index < -0.39 is 12.0 Å². The monoisotopic (exact) mass is 416 g/mol. The Morgan fingerprint density at radius 1 is 1.03 bits per heavy atom. The molecule has 1 amide bonds. The zero-order chi connectivity index (χ0) is 21.9. The van der Waals surface area contributed by atoms with Gasteiger partial charge in [0.2, 0.25) is 5.91 Å². The minimum absolute atomic E-state index is 0.186. The highest BCUT2D eigenvalue weighted by atomic mass is 16.4. The number of carboxylic acids is 1. The zero-order valence-electron chi connectivity index (χ0n) is 18.7. The minimum atomic E-state index is -1.01. The Labute approximate surface area is 182 Å². The van der Waals surface area contributed by atoms with E-state index in [0.29, 0.717) is 6.42 Å². The molecule has 168 valence electrons. The predicted octanol–water partition coefficient (Wildman–Crippen LogP) is 6.12. The molecule has 1 atom stereocenters. The van der Waals surface area contributed by atoms with Crippen LogP contribution in [0.5, 0.6) is 0 Å². The van der Waals surface area contributed by atoms with Crippen molar-refractivity contribution in [3.05, 3.63) is 36.1 Å². The molecule has 1 rings (SSSR count). The summed E-state index contributed by atoms with van der Waals surface area (Å²) in [5, 5.41) is 11.9. The molecule has 0 radical (unpaired) electrons. The summed E-state index contributed by atoms with van der Waals surface area (Å²) in [6.07, 6.45) is 26.6. The van der Waals surface area contributed by atoms with Crippen LogP contribution in [0.15, 0.2) is 41.1 Å². The van der Waals surface area contributed by atoms with Gasteiger partial charge in [0.1, 0.15) is 6.04 Å². The van der Waals surface area contributed by atoms with Crippen LogP contribution in [-0.2, 0) is 9.59 Å². The molecule has 1 aliphatic heterocycles. The van der Waals surface area contributed by atoms with E-state index in [1.165, 1.54) is 38.5 Å². The maximum atomic E-state index is 12.0. The quantitative estimate of drug-likeness (QED) is 0.209. The second kappa shape index (κ2) is 17.7. The van der Waals surface area contributed by atoms with E-state index in [0.717, 1.165) is 44.2 Å². The maximum absolute atomic E-state index is 12.0. The molecule has 2 N–H and O–H groups in total. The van der Waals surface area contributed by atoms with Crippen LogP contribution in [0.25, 0.3) is 0 Å². The molecule has 30 heavy (non-hydrogen) atoms. The van der Waals surface area contributed by atoms with Gasteiger partial charge in [0.05, 0.1) is 0 Å². The summed E-state index contributed by atoms with van der Waals surface area (Å²) in [5.74, 6) is -1.19. The Balaban J connectivity index is 1.99. The Morgan fingerprint density at radius 3 is 2.27 bits per heavy atom. The number of hydrogen-bond donors (Lipinski definition) is 2. The fraction of sp³-hybridized carbons (Fsp3) is 0.640. The zero-order valence-corrected chi connectivity index (χ0v) is 18.7. The third-order valence-electron chi connectivity index (χ3n) is 5.14. The van der Waals surface area contributed by atoms with Crippen molar-refractivity contribution in [3.63, 3.8) is 0 Å². The Kier molecular flexibility index (Phi) is 15.2. The molecule has 0 spiro atoms. The smallest absolute Gasteiger partial charge is 0.326 e. The van der Waals surface area contributed by atoms with Crippen LogP contribution in [0, 0.1) is 0 Å². The minimum Gasteiger partial charge on any atom is -0.480 e. The second-order valence-electron chi connectivity index (χ2n) is 7.92. The molecular weight excluding hydrogens is 376 g/mol. The molecule has 1 heterocycles. The van der Waals surface area contributed by atoms with Gasteiger partial charge in [-0.1, -0.05) is 75.8 Å². The fourth-order valence-corrected chi connectivity index (χ4v) is 3.34. The number of aliphatic carboxylic acids is 1. The Hall–Kier alpha value is -2.17. The summed E-state index contributed by atoms with van der Waals surface area (Å²) >= 11 is 0. The van der Waals surface area contributed by atoms with Gasteiger partial charge >= 0.3 is 5.97 Å². The van der Waals surface area contributed by atoms with Crippen molar-refractivity contribution in [2.45, 2.75) is 103 Å². The van der Waals surface area contributed by atoms with Crippen LogP contribution in [0.3, 0.4) is 0 Å². The average Bonchev–Trinajstić information content (AvgIpc) is 3.23. The van der Waals surface area contributed by atoms with Crippen LogP contribution in [0.1, 0.15) is 96.8 Å². The van der Waals surface area contributed by atoms with Gasteiger partial charge in [-0.3, -0.25) is 9.79 Å². The number of carbonyl (C=O) groups is 2. The van der Waals surface area contributed by atoms with Gasteiger partial charge in [-0.05, 0) is 32.1 Å². The largest absolute Gasteiger partial charge is 0.480 e. The van der Waals surface area contributed by atoms with Gasteiger partial charge in [-0.2, -0.15) is 0 Å². The van der Waals surface area contributed by atoms with Crippen molar-refractivity contribution in [1.82, 2.24) is 5.32 Å². The number of carbonyl (C=O) groups excluding carboxylic acids is 1. The summed E-state index contributed by atoms with van der Waals surface area (Å²) < 4.78 is 0. The summed E-state index contributed by atoms with van der Waals surface area (Å²) in [7, 11) is 0. The van der Waals surface area contributed by atoms with Crippen molar-refractivity contribution in [1.29, 1.82) is 0 Å². The molecule has 0 bridgehead atoms. The predicted molar refractivity (Wildman–Crippen MR) is 125 cm³/mol. The Morgan fingerprint density at radius 2 is 1.67 bits per heavy atom. The lowest BCUT2D eigenvalue weighted by atomic mass is 10.1. The van der Waals surface area contributed by atoms with Crippen LogP contribution < -0.4 is 5.32 Å². The van der Waals surface area contributed by atoms with E-state index in [9.17, 15) is 14.7 Å². The summed E-state index contributed by atoms with van der Waals surface area (Å²) in [5.41, 5.74) is 0.735. The molecule has 0 saturated heterocycles. The van der Waals surface area contributed by atoms with Crippen molar-refractivity contribution >= 4 is 18.1 Å². The van der Waals surface area contributed by atoms with Crippen molar-refractivity contribution in [2.24, 2.45) is 4.99 Å². The number of hydrogen-bond acceptors (Lipinski definition) is 3. The molecule has 1 aliphatic rings. The lowest BCUT2D eigenvalue weighted by molar-refractivity contribution is -0.141. The molecule has 5 heteroatoms. The molecule has 0 aromatic carbocycles. The van der Waals surface area contributed by atoms with Gasteiger partial charge in [0.15, 0.2) is 0 Å². The van der Waals surface area contributed by atoms with Gasteiger partial charge < -0.3 is 10.4 Å². The van der Waals surface area contributed by atoms with Crippen LogP contribution in [0.4, 0.5) is 0 Å². The van der Waals surface area contributed by atoms with E-state index in [-0.39, 0.29) is 12.3 Å². The number of carboxylic acid groups (broad SMARTS) is 1. The normalized spacial score (nSPS) is 14.5. The van der Waals surface area contributed by atoms with Crippen LogP contribution in [-0.4, -0.2) is 29.2 Å². The molecule has 5 nitrogen and oxygen atoms in total. The number of nitrogens with zero attached hydrogens (tertiary/aromatic N) is 1. The average molecular weight is 417 g/mol. The summed E-state index contributed by atoms with van der Waals surface area (Å²) in [6, 6.07) is -0.892. The van der Waals surface area contributed by atoms with E-state index in [4.69, 9.17) is 0 Å². The number of aliphatic imine (C=N–C) groups is 1. The first kappa shape index (κ1) is 25.9. The van der Waals surface area contributed by atoms with Gasteiger partial charge in [0, 0.05) is 31.2 Å². The number of amides is 1. The number of rotatable bonds is 18. The Bertz CT molecular complexity index is 606. The van der Waals surface area contributed by atoms with E-state index >= 15 is 0 Å². The first-order chi connectivity index (χ1) is 14.6. The topological polar surface area (TPSA) is 78.8 Å². The highest BCUT2D eigenvalue weighted by molar-refractivity contribution is 5.83. The standard InChI is InChI=1S/C25H40N2O3/c1-2-3-4-5-6-7-8-9-10-11-12-13-14-15-16-19-24(28)27-23(25(29)30)21-22-18-17-20-26-22/h7-10,18,20,23H,2-6,11-17,19,21H2,1H3,(H,27,28)(H,29,30)/b8-7+,10-9-. The number of allylic oxidation sites excluding steroid dienone is 5. The molecular formula is C25H40N2O3. The third-order valence-corrected chi connectivity index (χ3v) is 5.14. The molecule has 0 aromatic rings. The summed E-state index contributed by atoms with van der Waals surface area (Å²) in [6.45, 7) is 2.24. The molecule has 0 aliphatic carbocycles. The highest BCUT2D eigenvalue weighted by Gasteiger charge is 2.21. The molecule has 1 unspecified atom stereocenters. The van der Waals surface area contributed by atoms with Crippen LogP contribution >= 0.6 is 0 Å². The fourth-order valence-electron chi connectivity index (χ4n) is 3.34. The molecule has 0 aromatic heterocycles. The summed E-state index contributed by atoms with van der Waals surface area (Å²) in [4.78, 5) is 27.5. The lowest BCUT2D eigenvalue weighted by Crippen LogP contribution is -2.40. The number of unbranched alkanes of at least 4 members (excludes halogenated alkanes) is 9. The van der Waals surface area contributed by atoms with Crippen LogP contribution in [0.2, 0.25) is 0 Å². The van der Waals surface area contributed by atoms with Crippen molar-refractivity contribution in [2.75, 3.05) is 0 Å². The van der Waals surface area contributed by atoms with Gasteiger partial charge in [0.25, 0.3) is 0 Å². The van der Waals surface area contributed by atoms with Gasteiger partial charge in [-0.25, -0.2) is 4.79 Å². The SMILES string of the molecule is CCCCCC/C=C/C=C\CCCCCCCC(=O)NC(CC1=CCC=N1)C(=O)O. The van der Waals surface area contributed by atoms with E-state index in [1.54, 1.807) is 6.21 Å². The maximum Gasteiger partial charge on any atom is 0.326 e. The van der Waals surface area contributed by atoms with Gasteiger partial charge in [-0.15, -0.1) is 0 Å². The van der Waals surface area contributed by atoms with Crippen molar-refractivity contribution in [3.8, 4) is 0 Å². The van der Waals surface area contributed by atoms with E-state index in [2.05, 4.69) is 41.5 Å². The van der Waals surface area contributed by atoms with E-state index in [1.807, 2.05) is 6.08 Å². The highest BCUT2D eigenvalue weighted by Crippen LogP contribution is 2.13. The molecule has 0 saturated carbocycles. The lowest BCUT2D eigenvalue weighted by Gasteiger charge is -2.14. The van der Waals surface area contributed by atoms with Crippen molar-refractivity contribution < 1.29 is 14.7 Å². The third kappa shape index (κ3) is 13.9. The molecule has 0 fully saturated rings. The second-order valence-corrected chi connectivity index (χ2v) is 7.92. The number of nitrogens with one attached hydrogen (secondary N) is 1. The first-order valence-electron chi connectivity index (χ1n) is 11.7.